The van der Waals surface area contributed by atoms with Crippen LogP contribution in [0.25, 0.3) is 5.57 Å². The predicted molar refractivity (Wildman–Crippen MR) is 61.7 cm³/mol. The molecule has 0 bridgehead atoms. The van der Waals surface area contributed by atoms with Crippen LogP contribution in [0.2, 0.25) is 0 Å². The number of ketones is 1. The second kappa shape index (κ2) is 3.97. The van der Waals surface area contributed by atoms with Crippen molar-refractivity contribution in [1.29, 1.82) is 0 Å². The monoisotopic (exact) mass is 230 g/mol. The number of Topliss-reactive ketones (excluding diaryl/α,β-unsaturated/α-hetero) is 1. The summed E-state index contributed by atoms with van der Waals surface area (Å²) in [5.41, 5.74) is 1.01. The maximum absolute atomic E-state index is 11.9. The first-order valence-corrected chi connectivity index (χ1v) is 5.05. The Kier molecular flexibility index (Phi) is 2.63. The molecular formula is C13H10O4. The van der Waals surface area contributed by atoms with E-state index in [1.54, 1.807) is 13.0 Å². The molecule has 86 valence electrons. The zero-order valence-corrected chi connectivity index (χ0v) is 9.44. The van der Waals surface area contributed by atoms with Crippen molar-refractivity contribution in [2.24, 2.45) is 0 Å². The van der Waals surface area contributed by atoms with Crippen LogP contribution in [0.4, 0.5) is 0 Å². The minimum Gasteiger partial charge on any atom is -0.465 e. The Bertz CT molecular complexity index is 611. The molecule has 17 heavy (non-hydrogen) atoms. The molecule has 0 unspecified atom stereocenters. The van der Waals surface area contributed by atoms with Gasteiger partial charge in [0.15, 0.2) is 11.2 Å². The normalized spacial score (nSPS) is 13.6. The topological polar surface area (TPSA) is 60.4 Å². The van der Waals surface area contributed by atoms with Gasteiger partial charge in [-0.05, 0) is 19.1 Å². The fourth-order valence-electron chi connectivity index (χ4n) is 1.89. The van der Waals surface area contributed by atoms with Gasteiger partial charge in [-0.1, -0.05) is 12.1 Å². The van der Waals surface area contributed by atoms with E-state index in [9.17, 15) is 14.4 Å². The molecule has 0 fully saturated rings. The molecule has 1 aromatic carbocycles. The lowest BCUT2D eigenvalue weighted by atomic mass is 10.1. The van der Waals surface area contributed by atoms with Gasteiger partial charge in [0.1, 0.15) is 0 Å². The Morgan fingerprint density at radius 2 is 1.88 bits per heavy atom. The maximum atomic E-state index is 11.9. The molecule has 0 spiro atoms. The second-order valence-electron chi connectivity index (χ2n) is 3.72. The molecule has 4 nitrogen and oxygen atoms in total. The van der Waals surface area contributed by atoms with Crippen LogP contribution >= 0.6 is 0 Å². The fourth-order valence-corrected chi connectivity index (χ4v) is 1.89. The zero-order valence-electron chi connectivity index (χ0n) is 9.44. The molecule has 2 rings (SSSR count). The SMILES string of the molecule is COC(=O)C1=C(C)C(=O)c2cc(=O)cccc21. The number of fused-ring (bicyclic) bond motifs is 1. The smallest absolute Gasteiger partial charge is 0.338 e. The second-order valence-corrected chi connectivity index (χ2v) is 3.72. The number of hydrogen-bond acceptors (Lipinski definition) is 4. The third kappa shape index (κ3) is 1.67. The Hall–Kier alpha value is -2.23. The summed E-state index contributed by atoms with van der Waals surface area (Å²) in [6, 6.07) is 5.69. The summed E-state index contributed by atoms with van der Waals surface area (Å²) in [4.78, 5) is 34.9. The van der Waals surface area contributed by atoms with Crippen molar-refractivity contribution < 1.29 is 14.3 Å². The number of carbonyl (C=O) groups excluding carboxylic acids is 2. The quantitative estimate of drug-likeness (QED) is 0.680. The van der Waals surface area contributed by atoms with Crippen LogP contribution in [0.15, 0.2) is 34.6 Å². The number of esters is 1. The summed E-state index contributed by atoms with van der Waals surface area (Å²) in [7, 11) is 1.26. The van der Waals surface area contributed by atoms with E-state index in [1.807, 2.05) is 0 Å². The van der Waals surface area contributed by atoms with Crippen molar-refractivity contribution in [3.8, 4) is 0 Å². The summed E-state index contributed by atoms with van der Waals surface area (Å²) in [5, 5.41) is 0. The van der Waals surface area contributed by atoms with Crippen molar-refractivity contribution in [2.75, 3.05) is 7.11 Å². The van der Waals surface area contributed by atoms with Crippen molar-refractivity contribution in [2.45, 2.75) is 6.92 Å². The third-order valence-corrected chi connectivity index (χ3v) is 2.72. The van der Waals surface area contributed by atoms with Gasteiger partial charge >= 0.3 is 5.97 Å². The molecule has 1 aromatic rings. The lowest BCUT2D eigenvalue weighted by Crippen LogP contribution is -2.03. The average molecular weight is 230 g/mol. The van der Waals surface area contributed by atoms with Gasteiger partial charge in [0.2, 0.25) is 0 Å². The van der Waals surface area contributed by atoms with Crippen LogP contribution < -0.4 is 5.43 Å². The predicted octanol–water partition coefficient (Wildman–Crippen LogP) is 1.19. The molecule has 0 radical (unpaired) electrons. The fraction of sp³-hybridized carbons (Fsp3) is 0.154. The van der Waals surface area contributed by atoms with Crippen LogP contribution in [-0.4, -0.2) is 18.9 Å². The largest absolute Gasteiger partial charge is 0.465 e. The minimum atomic E-state index is -0.562. The van der Waals surface area contributed by atoms with Crippen molar-refractivity contribution in [3.63, 3.8) is 0 Å². The number of methoxy groups -OCH3 is 1. The number of ether oxygens (including phenoxy) is 1. The number of allylic oxidation sites excluding steroid dienone is 1. The highest BCUT2D eigenvalue weighted by atomic mass is 16.5. The molecule has 1 aliphatic rings. The van der Waals surface area contributed by atoms with E-state index in [1.165, 1.54) is 25.3 Å². The first-order chi connectivity index (χ1) is 8.06. The summed E-state index contributed by atoms with van der Waals surface area (Å²) < 4.78 is 4.64. The van der Waals surface area contributed by atoms with E-state index in [2.05, 4.69) is 4.74 Å². The Labute approximate surface area is 97.5 Å². The molecule has 0 aliphatic heterocycles. The van der Waals surface area contributed by atoms with E-state index in [0.717, 1.165) is 0 Å². The van der Waals surface area contributed by atoms with E-state index in [4.69, 9.17) is 0 Å². The average Bonchev–Trinajstić information content (AvgIpc) is 2.47. The van der Waals surface area contributed by atoms with Crippen molar-refractivity contribution in [1.82, 2.24) is 0 Å². The highest BCUT2D eigenvalue weighted by molar-refractivity contribution is 6.33. The first kappa shape index (κ1) is 11.3. The van der Waals surface area contributed by atoms with Crippen LogP contribution in [-0.2, 0) is 9.53 Å². The standard InChI is InChI=1S/C13H10O4/c1-7-11(13(16)17-2)9-5-3-4-8(14)6-10(9)12(7)15/h3-6H,1-2H3. The third-order valence-electron chi connectivity index (χ3n) is 2.72. The van der Waals surface area contributed by atoms with Gasteiger partial charge in [-0.15, -0.1) is 0 Å². The maximum Gasteiger partial charge on any atom is 0.338 e. The van der Waals surface area contributed by atoms with Gasteiger partial charge in [0.25, 0.3) is 0 Å². The molecule has 0 N–H and O–H groups in total. The van der Waals surface area contributed by atoms with Crippen LogP contribution in [0.5, 0.6) is 0 Å². The summed E-state index contributed by atoms with van der Waals surface area (Å²) in [6.45, 7) is 1.55. The minimum absolute atomic E-state index is 0.239. The van der Waals surface area contributed by atoms with Crippen LogP contribution in [0.3, 0.4) is 0 Å². The zero-order chi connectivity index (χ0) is 12.6. The molecule has 4 heteroatoms. The summed E-state index contributed by atoms with van der Waals surface area (Å²) >= 11 is 0. The molecule has 0 atom stereocenters. The van der Waals surface area contributed by atoms with E-state index < -0.39 is 5.97 Å². The molecule has 0 aromatic heterocycles. The van der Waals surface area contributed by atoms with Gasteiger partial charge in [-0.2, -0.15) is 0 Å². The van der Waals surface area contributed by atoms with Gasteiger partial charge in [-0.25, -0.2) is 4.79 Å². The van der Waals surface area contributed by atoms with Gasteiger partial charge in [0.05, 0.1) is 12.7 Å². The molecule has 0 amide bonds. The molecule has 1 aliphatic carbocycles. The summed E-state index contributed by atoms with van der Waals surface area (Å²) in [6.07, 6.45) is 0. The molecule has 0 saturated carbocycles. The van der Waals surface area contributed by atoms with Crippen LogP contribution in [0, 0.1) is 0 Å². The van der Waals surface area contributed by atoms with Gasteiger partial charge in [0, 0.05) is 16.7 Å². The molecular weight excluding hydrogens is 220 g/mol. The van der Waals surface area contributed by atoms with Crippen LogP contribution in [0.1, 0.15) is 22.8 Å². The van der Waals surface area contributed by atoms with E-state index in [-0.39, 0.29) is 22.3 Å². The highest BCUT2D eigenvalue weighted by Gasteiger charge is 2.30. The molecule has 0 heterocycles. The number of hydrogen-bond donors (Lipinski definition) is 0. The molecule has 0 saturated heterocycles. The van der Waals surface area contributed by atoms with Gasteiger partial charge < -0.3 is 4.74 Å². The Morgan fingerprint density at radius 1 is 1.18 bits per heavy atom. The summed E-state index contributed by atoms with van der Waals surface area (Å²) in [5.74, 6) is -0.859. The lowest BCUT2D eigenvalue weighted by Gasteiger charge is -2.00. The number of carbonyl (C=O) groups is 2. The van der Waals surface area contributed by atoms with E-state index >= 15 is 0 Å². The first-order valence-electron chi connectivity index (χ1n) is 5.05. The van der Waals surface area contributed by atoms with Crippen molar-refractivity contribution >= 4 is 17.3 Å². The number of rotatable bonds is 1. The Morgan fingerprint density at radius 3 is 2.53 bits per heavy atom. The highest BCUT2D eigenvalue weighted by Crippen LogP contribution is 2.31. The van der Waals surface area contributed by atoms with E-state index in [0.29, 0.717) is 11.1 Å². The lowest BCUT2D eigenvalue weighted by molar-refractivity contribution is -0.133. The van der Waals surface area contributed by atoms with Gasteiger partial charge in [-0.3, -0.25) is 9.59 Å². The van der Waals surface area contributed by atoms with Crippen molar-refractivity contribution in [3.05, 3.63) is 51.2 Å². The Balaban J connectivity index is 2.77.